The minimum Gasteiger partial charge on any atom is -0.357 e. The Labute approximate surface area is 206 Å². The lowest BCUT2D eigenvalue weighted by Gasteiger charge is -2.36. The van der Waals surface area contributed by atoms with Gasteiger partial charge >= 0.3 is 0 Å². The van der Waals surface area contributed by atoms with Crippen LogP contribution in [0.3, 0.4) is 0 Å². The molecule has 1 saturated heterocycles. The lowest BCUT2D eigenvalue weighted by Crippen LogP contribution is -2.52. The van der Waals surface area contributed by atoms with Crippen molar-refractivity contribution in [3.63, 3.8) is 0 Å². The maximum atomic E-state index is 14.1. The van der Waals surface area contributed by atoms with Crippen LogP contribution < -0.4 is 5.32 Å². The van der Waals surface area contributed by atoms with Crippen molar-refractivity contribution in [3.05, 3.63) is 52.8 Å². The number of hydrogen-bond donors (Lipinski definition) is 1. The van der Waals surface area contributed by atoms with Crippen LogP contribution in [-0.4, -0.2) is 64.6 Å². The normalized spacial score (nSPS) is 15.1. The number of guanidine groups is 1. The number of nitrogens with zero attached hydrogens (tertiary/aromatic N) is 5. The number of unbranched alkanes of at least 4 members (excludes halogenated alkanes) is 1. The maximum absolute atomic E-state index is 14.1. The zero-order valence-corrected chi connectivity index (χ0v) is 21.4. The van der Waals surface area contributed by atoms with Crippen LogP contribution in [0, 0.1) is 12.7 Å². The van der Waals surface area contributed by atoms with Gasteiger partial charge in [0, 0.05) is 75.3 Å². The maximum Gasteiger partial charge on any atom is 0.194 e. The molecule has 3 rings (SSSR count). The Kier molecular flexibility index (Phi) is 11.0. The standard InChI is InChI=1S/C22H32ClFN6.HI/c1-3-25-22(27-9-4-5-11-29-12-10-26-18(29)2)30-15-13-28(14-16-30)17-19-20(23)7-6-8-21(19)24;/h6-8,10,12H,3-5,9,11,13-17H2,1-2H3,(H,25,27);1H. The third-order valence-electron chi connectivity index (χ3n) is 5.44. The molecule has 0 aliphatic carbocycles. The summed E-state index contributed by atoms with van der Waals surface area (Å²) in [6.45, 7) is 10.7. The van der Waals surface area contributed by atoms with E-state index in [1.165, 1.54) is 6.07 Å². The van der Waals surface area contributed by atoms with Crippen molar-refractivity contribution in [1.29, 1.82) is 0 Å². The zero-order chi connectivity index (χ0) is 21.3. The molecule has 0 amide bonds. The van der Waals surface area contributed by atoms with E-state index in [9.17, 15) is 4.39 Å². The van der Waals surface area contributed by atoms with Gasteiger partial charge in [-0.05, 0) is 38.8 Å². The molecule has 0 saturated carbocycles. The Bertz CT molecular complexity index is 815. The quantitative estimate of drug-likeness (QED) is 0.227. The predicted molar refractivity (Wildman–Crippen MR) is 136 cm³/mol. The second kappa shape index (κ2) is 13.2. The molecule has 9 heteroatoms. The van der Waals surface area contributed by atoms with Crippen LogP contribution in [0.15, 0.2) is 35.6 Å². The minimum atomic E-state index is -0.231. The molecule has 1 aromatic carbocycles. The van der Waals surface area contributed by atoms with Crippen LogP contribution in [0.2, 0.25) is 5.02 Å². The van der Waals surface area contributed by atoms with Crippen LogP contribution in [0.5, 0.6) is 0 Å². The number of rotatable bonds is 8. The monoisotopic (exact) mass is 562 g/mol. The number of nitrogens with one attached hydrogen (secondary N) is 1. The second-order valence-corrected chi connectivity index (χ2v) is 7.98. The SMILES string of the molecule is CCNC(=NCCCCn1ccnc1C)N1CCN(Cc2c(F)cccc2Cl)CC1.I. The first-order valence-electron chi connectivity index (χ1n) is 10.7. The van der Waals surface area contributed by atoms with Gasteiger partial charge in [0.05, 0.1) is 0 Å². The van der Waals surface area contributed by atoms with Crippen molar-refractivity contribution in [2.75, 3.05) is 39.3 Å². The van der Waals surface area contributed by atoms with Crippen LogP contribution in [0.25, 0.3) is 0 Å². The number of piperazine rings is 1. The minimum absolute atomic E-state index is 0. The van der Waals surface area contributed by atoms with Crippen molar-refractivity contribution in [2.24, 2.45) is 4.99 Å². The Morgan fingerprint density at radius 3 is 2.65 bits per heavy atom. The Hall–Kier alpha value is -1.39. The van der Waals surface area contributed by atoms with Crippen molar-refractivity contribution in [2.45, 2.75) is 39.8 Å². The van der Waals surface area contributed by atoms with Crippen LogP contribution in [0.4, 0.5) is 4.39 Å². The van der Waals surface area contributed by atoms with Gasteiger partial charge in [0.25, 0.3) is 0 Å². The molecule has 172 valence electrons. The second-order valence-electron chi connectivity index (χ2n) is 7.57. The summed E-state index contributed by atoms with van der Waals surface area (Å²) < 4.78 is 16.2. The number of benzene rings is 1. The number of aromatic nitrogens is 2. The molecule has 0 bridgehead atoms. The van der Waals surface area contributed by atoms with Gasteiger partial charge in [-0.3, -0.25) is 9.89 Å². The highest BCUT2D eigenvalue weighted by atomic mass is 127. The highest BCUT2D eigenvalue weighted by Crippen LogP contribution is 2.21. The Morgan fingerprint density at radius 2 is 2.00 bits per heavy atom. The molecule has 0 unspecified atom stereocenters. The summed E-state index contributed by atoms with van der Waals surface area (Å²) in [5.41, 5.74) is 0.585. The fraction of sp³-hybridized carbons (Fsp3) is 0.545. The summed E-state index contributed by atoms with van der Waals surface area (Å²) in [5.74, 6) is 1.80. The number of halogens is 3. The third-order valence-corrected chi connectivity index (χ3v) is 5.80. The van der Waals surface area contributed by atoms with E-state index in [4.69, 9.17) is 16.6 Å². The van der Waals surface area contributed by atoms with E-state index in [1.54, 1.807) is 12.1 Å². The molecule has 2 aromatic rings. The average molecular weight is 563 g/mol. The summed E-state index contributed by atoms with van der Waals surface area (Å²) in [7, 11) is 0. The van der Waals surface area contributed by atoms with E-state index in [-0.39, 0.29) is 29.8 Å². The van der Waals surface area contributed by atoms with E-state index >= 15 is 0 Å². The van der Waals surface area contributed by atoms with Gasteiger partial charge in [0.1, 0.15) is 11.6 Å². The number of imidazole rings is 1. The van der Waals surface area contributed by atoms with Crippen LogP contribution in [0.1, 0.15) is 31.2 Å². The fourth-order valence-corrected chi connectivity index (χ4v) is 3.89. The molecule has 1 fully saturated rings. The van der Waals surface area contributed by atoms with Crippen LogP contribution >= 0.6 is 35.6 Å². The first-order valence-corrected chi connectivity index (χ1v) is 11.1. The molecule has 6 nitrogen and oxygen atoms in total. The highest BCUT2D eigenvalue weighted by molar-refractivity contribution is 14.0. The molecule has 0 atom stereocenters. The number of hydrogen-bond acceptors (Lipinski definition) is 3. The molecule has 1 aromatic heterocycles. The smallest absolute Gasteiger partial charge is 0.194 e. The zero-order valence-electron chi connectivity index (χ0n) is 18.4. The summed E-state index contributed by atoms with van der Waals surface area (Å²) in [4.78, 5) is 13.6. The van der Waals surface area contributed by atoms with Crippen molar-refractivity contribution >= 4 is 41.5 Å². The Morgan fingerprint density at radius 1 is 1.23 bits per heavy atom. The van der Waals surface area contributed by atoms with Gasteiger partial charge in [0.2, 0.25) is 0 Å². The third kappa shape index (κ3) is 7.61. The topological polar surface area (TPSA) is 48.7 Å². The van der Waals surface area contributed by atoms with Crippen molar-refractivity contribution in [1.82, 2.24) is 24.7 Å². The predicted octanol–water partition coefficient (Wildman–Crippen LogP) is 4.17. The molecule has 31 heavy (non-hydrogen) atoms. The molecule has 1 aliphatic rings. The molecular weight excluding hydrogens is 530 g/mol. The molecule has 0 spiro atoms. The van der Waals surface area contributed by atoms with Crippen molar-refractivity contribution < 1.29 is 4.39 Å². The molecule has 1 aliphatic heterocycles. The molecule has 0 radical (unpaired) electrons. The largest absolute Gasteiger partial charge is 0.357 e. The first-order chi connectivity index (χ1) is 14.6. The lowest BCUT2D eigenvalue weighted by atomic mass is 10.2. The Balaban J connectivity index is 0.00000341. The van der Waals surface area contributed by atoms with Gasteiger partial charge in [-0.15, -0.1) is 24.0 Å². The van der Waals surface area contributed by atoms with Gasteiger partial charge in [-0.25, -0.2) is 9.37 Å². The van der Waals surface area contributed by atoms with E-state index in [1.807, 2.05) is 19.3 Å². The van der Waals surface area contributed by atoms with Gasteiger partial charge < -0.3 is 14.8 Å². The molecule has 1 N–H and O–H groups in total. The van der Waals surface area contributed by atoms with E-state index < -0.39 is 0 Å². The highest BCUT2D eigenvalue weighted by Gasteiger charge is 2.21. The molecular formula is C22H33ClFIN6. The van der Waals surface area contributed by atoms with Crippen LogP contribution in [-0.2, 0) is 13.1 Å². The summed E-state index contributed by atoms with van der Waals surface area (Å²) in [6, 6.07) is 4.87. The summed E-state index contributed by atoms with van der Waals surface area (Å²) in [5, 5.41) is 3.91. The van der Waals surface area contributed by atoms with E-state index in [0.717, 1.165) is 70.4 Å². The fourth-order valence-electron chi connectivity index (χ4n) is 3.67. The lowest BCUT2D eigenvalue weighted by molar-refractivity contribution is 0.171. The van der Waals surface area contributed by atoms with E-state index in [0.29, 0.717) is 17.1 Å². The summed E-state index contributed by atoms with van der Waals surface area (Å²) in [6.07, 6.45) is 5.99. The first kappa shape index (κ1) is 25.9. The van der Waals surface area contributed by atoms with Crippen molar-refractivity contribution in [3.8, 4) is 0 Å². The summed E-state index contributed by atoms with van der Waals surface area (Å²) >= 11 is 6.18. The number of aryl methyl sites for hydroxylation is 2. The van der Waals surface area contributed by atoms with Gasteiger partial charge in [0.15, 0.2) is 5.96 Å². The number of aliphatic imine (C=N–C) groups is 1. The van der Waals surface area contributed by atoms with E-state index in [2.05, 4.69) is 31.6 Å². The van der Waals surface area contributed by atoms with Gasteiger partial charge in [-0.1, -0.05) is 17.7 Å². The van der Waals surface area contributed by atoms with Gasteiger partial charge in [-0.2, -0.15) is 0 Å². The molecule has 2 heterocycles. The average Bonchev–Trinajstić information content (AvgIpc) is 3.15.